The van der Waals surface area contributed by atoms with E-state index in [4.69, 9.17) is 19.7 Å². The molecule has 0 aliphatic carbocycles. The standard InChI is InChI=1S/C14H19N3O3/c1-3-18-13-8-11(6-7-15)4-5-12(13)19-9-14-16-10(2)17-20-14/h4-5,8H,3,6-7,9,15H2,1-2H3. The van der Waals surface area contributed by atoms with Crippen molar-refractivity contribution in [1.82, 2.24) is 10.1 Å². The van der Waals surface area contributed by atoms with Gasteiger partial charge in [0, 0.05) is 0 Å². The van der Waals surface area contributed by atoms with Crippen molar-refractivity contribution in [2.45, 2.75) is 26.9 Å². The van der Waals surface area contributed by atoms with Crippen molar-refractivity contribution in [3.05, 3.63) is 35.5 Å². The molecule has 1 aromatic carbocycles. The van der Waals surface area contributed by atoms with Gasteiger partial charge in [-0.25, -0.2) is 0 Å². The summed E-state index contributed by atoms with van der Waals surface area (Å²) in [5.41, 5.74) is 6.68. The summed E-state index contributed by atoms with van der Waals surface area (Å²) in [4.78, 5) is 4.09. The van der Waals surface area contributed by atoms with Crippen molar-refractivity contribution in [2.24, 2.45) is 5.73 Å². The van der Waals surface area contributed by atoms with Crippen molar-refractivity contribution in [3.8, 4) is 11.5 Å². The predicted octanol–water partition coefficient (Wildman–Crippen LogP) is 1.86. The highest BCUT2D eigenvalue weighted by Crippen LogP contribution is 2.29. The zero-order chi connectivity index (χ0) is 14.4. The first kappa shape index (κ1) is 14.3. The Kier molecular flexibility index (Phi) is 4.95. The highest BCUT2D eigenvalue weighted by Gasteiger charge is 2.09. The molecule has 1 heterocycles. The lowest BCUT2D eigenvalue weighted by molar-refractivity contribution is 0.228. The van der Waals surface area contributed by atoms with Crippen LogP contribution in [0, 0.1) is 6.92 Å². The van der Waals surface area contributed by atoms with Crippen LogP contribution in [0.15, 0.2) is 22.7 Å². The van der Waals surface area contributed by atoms with Crippen LogP contribution in [0.25, 0.3) is 0 Å². The maximum Gasteiger partial charge on any atom is 0.264 e. The highest BCUT2D eigenvalue weighted by atomic mass is 16.5. The van der Waals surface area contributed by atoms with Gasteiger partial charge in [0.05, 0.1) is 6.61 Å². The number of hydrogen-bond donors (Lipinski definition) is 1. The van der Waals surface area contributed by atoms with Gasteiger partial charge in [-0.3, -0.25) is 0 Å². The fourth-order valence-corrected chi connectivity index (χ4v) is 1.80. The average Bonchev–Trinajstić information content (AvgIpc) is 2.84. The first-order valence-corrected chi connectivity index (χ1v) is 6.60. The Hall–Kier alpha value is -2.08. The van der Waals surface area contributed by atoms with Crippen molar-refractivity contribution in [2.75, 3.05) is 13.2 Å². The topological polar surface area (TPSA) is 83.4 Å². The zero-order valence-corrected chi connectivity index (χ0v) is 11.8. The number of nitrogens with two attached hydrogens (primary N) is 1. The quantitative estimate of drug-likeness (QED) is 0.831. The van der Waals surface area contributed by atoms with E-state index < -0.39 is 0 Å². The van der Waals surface area contributed by atoms with Gasteiger partial charge in [0.2, 0.25) is 0 Å². The molecule has 0 saturated carbocycles. The summed E-state index contributed by atoms with van der Waals surface area (Å²) in [6.07, 6.45) is 0.809. The molecule has 2 aromatic rings. The minimum atomic E-state index is 0.219. The maximum atomic E-state index is 5.67. The molecule has 0 atom stereocenters. The van der Waals surface area contributed by atoms with Crippen molar-refractivity contribution < 1.29 is 14.0 Å². The number of aryl methyl sites for hydroxylation is 1. The fraction of sp³-hybridized carbons (Fsp3) is 0.429. The third-order valence-electron chi connectivity index (χ3n) is 2.66. The molecule has 0 aliphatic heterocycles. The summed E-state index contributed by atoms with van der Waals surface area (Å²) < 4.78 is 16.3. The normalized spacial score (nSPS) is 10.6. The van der Waals surface area contributed by atoms with E-state index >= 15 is 0 Å². The van der Waals surface area contributed by atoms with Gasteiger partial charge in [-0.1, -0.05) is 11.2 Å². The molecule has 20 heavy (non-hydrogen) atoms. The molecule has 108 valence electrons. The Morgan fingerprint density at radius 3 is 2.75 bits per heavy atom. The van der Waals surface area contributed by atoms with Crippen LogP contribution in [-0.4, -0.2) is 23.3 Å². The Morgan fingerprint density at radius 1 is 1.25 bits per heavy atom. The Labute approximate surface area is 117 Å². The van der Waals surface area contributed by atoms with Crippen LogP contribution < -0.4 is 15.2 Å². The molecule has 0 radical (unpaired) electrons. The van der Waals surface area contributed by atoms with E-state index in [0.29, 0.717) is 36.4 Å². The molecule has 6 heteroatoms. The van der Waals surface area contributed by atoms with E-state index in [2.05, 4.69) is 10.1 Å². The van der Waals surface area contributed by atoms with Crippen LogP contribution in [0.2, 0.25) is 0 Å². The molecular formula is C14H19N3O3. The third-order valence-corrected chi connectivity index (χ3v) is 2.66. The first-order valence-electron chi connectivity index (χ1n) is 6.60. The van der Waals surface area contributed by atoms with E-state index in [9.17, 15) is 0 Å². The number of rotatable bonds is 7. The Balaban J connectivity index is 2.09. The molecular weight excluding hydrogens is 258 g/mol. The first-order chi connectivity index (χ1) is 9.72. The van der Waals surface area contributed by atoms with Gasteiger partial charge in [0.25, 0.3) is 5.89 Å². The van der Waals surface area contributed by atoms with E-state index in [0.717, 1.165) is 12.0 Å². The largest absolute Gasteiger partial charge is 0.490 e. The lowest BCUT2D eigenvalue weighted by Crippen LogP contribution is -2.04. The van der Waals surface area contributed by atoms with Gasteiger partial charge >= 0.3 is 0 Å². The summed E-state index contributed by atoms with van der Waals surface area (Å²) in [5, 5.41) is 3.71. The molecule has 1 aromatic heterocycles. The maximum absolute atomic E-state index is 5.67. The second kappa shape index (κ2) is 6.91. The van der Waals surface area contributed by atoms with Gasteiger partial charge < -0.3 is 19.7 Å². The number of ether oxygens (including phenoxy) is 2. The van der Waals surface area contributed by atoms with E-state index in [1.165, 1.54) is 0 Å². The highest BCUT2D eigenvalue weighted by molar-refractivity contribution is 5.43. The summed E-state index contributed by atoms with van der Waals surface area (Å²) in [6.45, 7) is 5.09. The second-order valence-electron chi connectivity index (χ2n) is 4.28. The van der Waals surface area contributed by atoms with Gasteiger partial charge in [-0.05, 0) is 44.5 Å². The van der Waals surface area contributed by atoms with Gasteiger partial charge in [-0.2, -0.15) is 4.98 Å². The van der Waals surface area contributed by atoms with Crippen LogP contribution in [0.3, 0.4) is 0 Å². The number of aromatic nitrogens is 2. The molecule has 0 bridgehead atoms. The summed E-state index contributed by atoms with van der Waals surface area (Å²) in [7, 11) is 0. The Morgan fingerprint density at radius 2 is 2.10 bits per heavy atom. The molecule has 0 spiro atoms. The summed E-state index contributed by atoms with van der Waals surface area (Å²) in [6, 6.07) is 5.80. The van der Waals surface area contributed by atoms with Gasteiger partial charge in [0.1, 0.15) is 0 Å². The smallest absolute Gasteiger partial charge is 0.264 e. The SMILES string of the molecule is CCOc1cc(CCN)ccc1OCc1nc(C)no1. The summed E-state index contributed by atoms with van der Waals surface area (Å²) in [5.74, 6) is 2.39. The number of nitrogens with zero attached hydrogens (tertiary/aromatic N) is 2. The average molecular weight is 277 g/mol. The van der Waals surface area contributed by atoms with E-state index in [1.54, 1.807) is 6.92 Å². The van der Waals surface area contributed by atoms with Crippen LogP contribution >= 0.6 is 0 Å². The van der Waals surface area contributed by atoms with Crippen LogP contribution in [0.4, 0.5) is 0 Å². The van der Waals surface area contributed by atoms with Crippen molar-refractivity contribution in [3.63, 3.8) is 0 Å². The van der Waals surface area contributed by atoms with Gasteiger partial charge in [-0.15, -0.1) is 0 Å². The molecule has 0 amide bonds. The number of hydrogen-bond acceptors (Lipinski definition) is 6. The van der Waals surface area contributed by atoms with Crippen LogP contribution in [0.1, 0.15) is 24.2 Å². The molecule has 0 aliphatic rings. The second-order valence-corrected chi connectivity index (χ2v) is 4.28. The van der Waals surface area contributed by atoms with Crippen molar-refractivity contribution in [1.29, 1.82) is 0 Å². The monoisotopic (exact) mass is 277 g/mol. The van der Waals surface area contributed by atoms with E-state index in [-0.39, 0.29) is 6.61 Å². The predicted molar refractivity (Wildman–Crippen MR) is 73.7 cm³/mol. The van der Waals surface area contributed by atoms with Crippen LogP contribution in [-0.2, 0) is 13.0 Å². The van der Waals surface area contributed by atoms with E-state index in [1.807, 2.05) is 25.1 Å². The molecule has 6 nitrogen and oxygen atoms in total. The Bertz CT molecular complexity index is 554. The molecule has 0 unspecified atom stereocenters. The minimum absolute atomic E-state index is 0.219. The lowest BCUT2D eigenvalue weighted by Gasteiger charge is -2.12. The molecule has 0 saturated heterocycles. The number of benzene rings is 1. The van der Waals surface area contributed by atoms with Crippen molar-refractivity contribution >= 4 is 0 Å². The lowest BCUT2D eigenvalue weighted by atomic mass is 10.1. The minimum Gasteiger partial charge on any atom is -0.490 e. The van der Waals surface area contributed by atoms with Gasteiger partial charge in [0.15, 0.2) is 23.9 Å². The molecule has 0 fully saturated rings. The fourth-order valence-electron chi connectivity index (χ4n) is 1.80. The summed E-state index contributed by atoms with van der Waals surface area (Å²) >= 11 is 0. The molecule has 2 N–H and O–H groups in total. The molecule has 2 rings (SSSR count). The third kappa shape index (κ3) is 3.71. The zero-order valence-electron chi connectivity index (χ0n) is 11.8. The van der Waals surface area contributed by atoms with Crippen LogP contribution in [0.5, 0.6) is 11.5 Å².